The zero-order valence-electron chi connectivity index (χ0n) is 11.0. The molecule has 0 spiro atoms. The highest BCUT2D eigenvalue weighted by molar-refractivity contribution is 5.87. The van der Waals surface area contributed by atoms with Gasteiger partial charge in [0, 0.05) is 12.2 Å². The maximum atomic E-state index is 11.5. The van der Waals surface area contributed by atoms with E-state index in [0.29, 0.717) is 12.2 Å². The molecule has 0 aliphatic heterocycles. The molecule has 94 valence electrons. The standard InChI is InChI=1S/C12H22O4/c1-7-14-10(3)15-16-11(13)9(2)8-12(4,5)6/h8,10H,7H2,1-6H3/b9-8-. The number of carbonyl (C=O) groups is 1. The molecule has 0 saturated carbocycles. The lowest BCUT2D eigenvalue weighted by molar-refractivity contribution is -0.343. The van der Waals surface area contributed by atoms with E-state index in [1.54, 1.807) is 13.8 Å². The fourth-order valence-electron chi connectivity index (χ4n) is 1.15. The van der Waals surface area contributed by atoms with Crippen LogP contribution in [0.1, 0.15) is 41.5 Å². The van der Waals surface area contributed by atoms with E-state index in [0.717, 1.165) is 0 Å². The Morgan fingerprint density at radius 1 is 1.38 bits per heavy atom. The summed E-state index contributed by atoms with van der Waals surface area (Å²) in [6, 6.07) is 0. The Morgan fingerprint density at radius 3 is 2.38 bits per heavy atom. The molecule has 0 N–H and O–H groups in total. The molecule has 4 nitrogen and oxygen atoms in total. The topological polar surface area (TPSA) is 44.8 Å². The summed E-state index contributed by atoms with van der Waals surface area (Å²) in [5.41, 5.74) is 0.463. The molecule has 0 rings (SSSR count). The molecular formula is C12H22O4. The van der Waals surface area contributed by atoms with Crippen molar-refractivity contribution in [3.63, 3.8) is 0 Å². The van der Waals surface area contributed by atoms with Gasteiger partial charge in [-0.1, -0.05) is 26.8 Å². The van der Waals surface area contributed by atoms with Crippen molar-refractivity contribution < 1.29 is 19.3 Å². The maximum absolute atomic E-state index is 11.5. The molecule has 0 aromatic heterocycles. The Morgan fingerprint density at radius 2 is 1.94 bits per heavy atom. The summed E-state index contributed by atoms with van der Waals surface area (Å²) in [6.07, 6.45) is 1.29. The third-order valence-electron chi connectivity index (χ3n) is 1.63. The summed E-state index contributed by atoms with van der Waals surface area (Å²) in [5, 5.41) is 0. The van der Waals surface area contributed by atoms with Gasteiger partial charge < -0.3 is 4.74 Å². The minimum atomic E-state index is -0.545. The summed E-state index contributed by atoms with van der Waals surface area (Å²) < 4.78 is 5.05. The fourth-order valence-corrected chi connectivity index (χ4v) is 1.15. The van der Waals surface area contributed by atoms with Gasteiger partial charge in [0.25, 0.3) is 0 Å². The second-order valence-electron chi connectivity index (χ2n) is 4.68. The predicted molar refractivity (Wildman–Crippen MR) is 61.5 cm³/mol. The summed E-state index contributed by atoms with van der Waals surface area (Å²) in [6.45, 7) is 11.7. The molecule has 0 amide bonds. The Balaban J connectivity index is 4.12. The molecule has 0 aliphatic rings. The Kier molecular flexibility index (Phi) is 6.29. The summed E-state index contributed by atoms with van der Waals surface area (Å²) in [5.74, 6) is -0.485. The van der Waals surface area contributed by atoms with E-state index in [2.05, 4.69) is 4.89 Å². The summed E-state index contributed by atoms with van der Waals surface area (Å²) in [7, 11) is 0. The van der Waals surface area contributed by atoms with Gasteiger partial charge in [0.05, 0.1) is 0 Å². The predicted octanol–water partition coefficient (Wildman–Crippen LogP) is 2.84. The van der Waals surface area contributed by atoms with E-state index in [1.165, 1.54) is 0 Å². The zero-order chi connectivity index (χ0) is 12.8. The number of carbonyl (C=O) groups excluding carboxylic acids is 1. The van der Waals surface area contributed by atoms with Gasteiger partial charge >= 0.3 is 5.97 Å². The van der Waals surface area contributed by atoms with E-state index in [9.17, 15) is 4.79 Å². The van der Waals surface area contributed by atoms with Gasteiger partial charge in [0.2, 0.25) is 0 Å². The van der Waals surface area contributed by atoms with E-state index < -0.39 is 12.3 Å². The number of rotatable bonds is 5. The van der Waals surface area contributed by atoms with Crippen molar-refractivity contribution in [3.8, 4) is 0 Å². The highest BCUT2D eigenvalue weighted by atomic mass is 17.2. The van der Waals surface area contributed by atoms with Crippen LogP contribution in [0.4, 0.5) is 0 Å². The first-order valence-corrected chi connectivity index (χ1v) is 5.45. The van der Waals surface area contributed by atoms with Crippen LogP contribution in [0.3, 0.4) is 0 Å². The van der Waals surface area contributed by atoms with Crippen molar-refractivity contribution in [3.05, 3.63) is 11.6 Å². The van der Waals surface area contributed by atoms with E-state index in [-0.39, 0.29) is 5.41 Å². The minimum Gasteiger partial charge on any atom is -0.349 e. The fraction of sp³-hybridized carbons (Fsp3) is 0.750. The maximum Gasteiger partial charge on any atom is 0.368 e. The van der Waals surface area contributed by atoms with Crippen molar-refractivity contribution in [1.29, 1.82) is 0 Å². The van der Waals surface area contributed by atoms with Gasteiger partial charge in [0.1, 0.15) is 0 Å². The van der Waals surface area contributed by atoms with Crippen LogP contribution < -0.4 is 0 Å². The van der Waals surface area contributed by atoms with Crippen LogP contribution in [0, 0.1) is 5.41 Å². The molecule has 4 heteroatoms. The SMILES string of the molecule is CCOC(C)OOC(=O)/C(C)=C\C(C)(C)C. The number of allylic oxidation sites excluding steroid dienone is 1. The monoisotopic (exact) mass is 230 g/mol. The third kappa shape index (κ3) is 7.43. The minimum absolute atomic E-state index is 0.0609. The van der Waals surface area contributed by atoms with Crippen molar-refractivity contribution in [2.45, 2.75) is 47.8 Å². The molecular weight excluding hydrogens is 208 g/mol. The highest BCUT2D eigenvalue weighted by Gasteiger charge is 2.14. The van der Waals surface area contributed by atoms with Gasteiger partial charge in [-0.3, -0.25) is 4.89 Å². The van der Waals surface area contributed by atoms with Crippen molar-refractivity contribution in [1.82, 2.24) is 0 Å². The second-order valence-corrected chi connectivity index (χ2v) is 4.68. The van der Waals surface area contributed by atoms with E-state index in [4.69, 9.17) is 9.62 Å². The summed E-state index contributed by atoms with van der Waals surface area (Å²) >= 11 is 0. The smallest absolute Gasteiger partial charge is 0.349 e. The van der Waals surface area contributed by atoms with Crippen molar-refractivity contribution in [2.75, 3.05) is 6.61 Å². The average Bonchev–Trinajstić information content (AvgIpc) is 2.11. The summed E-state index contributed by atoms with van der Waals surface area (Å²) in [4.78, 5) is 20.9. The largest absolute Gasteiger partial charge is 0.368 e. The molecule has 1 atom stereocenters. The average molecular weight is 230 g/mol. The van der Waals surface area contributed by atoms with Gasteiger partial charge in [0.15, 0.2) is 6.29 Å². The molecule has 0 saturated heterocycles. The third-order valence-corrected chi connectivity index (χ3v) is 1.63. The van der Waals surface area contributed by atoms with E-state index in [1.807, 2.05) is 33.8 Å². The van der Waals surface area contributed by atoms with Crippen molar-refractivity contribution in [2.24, 2.45) is 5.41 Å². The first-order valence-electron chi connectivity index (χ1n) is 5.45. The van der Waals surface area contributed by atoms with Crippen LogP contribution in [0.2, 0.25) is 0 Å². The number of hydrogen-bond acceptors (Lipinski definition) is 4. The number of hydrogen-bond donors (Lipinski definition) is 0. The Bertz CT molecular complexity index is 250. The second kappa shape index (κ2) is 6.66. The van der Waals surface area contributed by atoms with Gasteiger partial charge in [-0.15, -0.1) is 0 Å². The highest BCUT2D eigenvalue weighted by Crippen LogP contribution is 2.18. The zero-order valence-corrected chi connectivity index (χ0v) is 11.0. The van der Waals surface area contributed by atoms with Crippen LogP contribution in [0.5, 0.6) is 0 Å². The molecule has 0 fully saturated rings. The van der Waals surface area contributed by atoms with Crippen molar-refractivity contribution >= 4 is 5.97 Å². The lowest BCUT2D eigenvalue weighted by atomic mass is 9.94. The Labute approximate surface area is 97.5 Å². The van der Waals surface area contributed by atoms with Gasteiger partial charge in [-0.05, 0) is 26.2 Å². The van der Waals surface area contributed by atoms with Crippen LogP contribution >= 0.6 is 0 Å². The normalized spacial score (nSPS) is 14.8. The molecule has 0 aliphatic carbocycles. The number of ether oxygens (including phenoxy) is 1. The molecule has 0 radical (unpaired) electrons. The van der Waals surface area contributed by atoms with E-state index >= 15 is 0 Å². The first-order chi connectivity index (χ1) is 7.26. The Hall–Kier alpha value is -0.870. The molecule has 16 heavy (non-hydrogen) atoms. The molecule has 0 heterocycles. The van der Waals surface area contributed by atoms with Crippen LogP contribution in [0.15, 0.2) is 11.6 Å². The van der Waals surface area contributed by atoms with Gasteiger partial charge in [-0.25, -0.2) is 4.79 Å². The molecule has 0 bridgehead atoms. The molecule has 0 aromatic rings. The van der Waals surface area contributed by atoms with Crippen LogP contribution in [-0.2, 0) is 19.3 Å². The first kappa shape index (κ1) is 15.1. The quantitative estimate of drug-likeness (QED) is 0.315. The van der Waals surface area contributed by atoms with Crippen LogP contribution in [0.25, 0.3) is 0 Å². The molecule has 1 unspecified atom stereocenters. The van der Waals surface area contributed by atoms with Gasteiger partial charge in [-0.2, -0.15) is 4.89 Å². The van der Waals surface area contributed by atoms with Crippen LogP contribution in [-0.4, -0.2) is 18.9 Å². The lowest BCUT2D eigenvalue weighted by Crippen LogP contribution is -2.17. The lowest BCUT2D eigenvalue weighted by Gasteiger charge is -2.14. The molecule has 0 aromatic carbocycles.